The predicted molar refractivity (Wildman–Crippen MR) is 67.7 cm³/mol. The lowest BCUT2D eigenvalue weighted by Gasteiger charge is -2.05. The first-order valence-electron chi connectivity index (χ1n) is 5.47. The number of hydrogen-bond acceptors (Lipinski definition) is 5. The van der Waals surface area contributed by atoms with E-state index in [-0.39, 0.29) is 4.90 Å². The summed E-state index contributed by atoms with van der Waals surface area (Å²) in [5, 5.41) is 7.49. The molecule has 0 unspecified atom stereocenters. The molecule has 1 aromatic heterocycles. The lowest BCUT2D eigenvalue weighted by Crippen LogP contribution is -2.21. The van der Waals surface area contributed by atoms with Gasteiger partial charge in [0, 0.05) is 0 Å². The van der Waals surface area contributed by atoms with Gasteiger partial charge in [-0.3, -0.25) is 4.28 Å². The van der Waals surface area contributed by atoms with Crippen molar-refractivity contribution >= 4 is 21.2 Å². The van der Waals surface area contributed by atoms with Crippen molar-refractivity contribution in [1.29, 1.82) is 0 Å². The first-order chi connectivity index (χ1) is 9.17. The number of aromatic nitrogens is 3. The van der Waals surface area contributed by atoms with Crippen LogP contribution in [0.2, 0.25) is 0 Å². The minimum absolute atomic E-state index is 0.0644. The van der Waals surface area contributed by atoms with Crippen molar-refractivity contribution in [2.45, 2.75) is 4.90 Å². The van der Waals surface area contributed by atoms with E-state index >= 15 is 0 Å². The third kappa shape index (κ3) is 2.15. The molecular formula is C12H9N3O3S. The summed E-state index contributed by atoms with van der Waals surface area (Å²) in [5.74, 6) is 0. The molecule has 0 aliphatic heterocycles. The van der Waals surface area contributed by atoms with Crippen molar-refractivity contribution in [3.05, 3.63) is 54.6 Å². The van der Waals surface area contributed by atoms with Gasteiger partial charge in [0.15, 0.2) is 0 Å². The van der Waals surface area contributed by atoms with Crippen LogP contribution in [0.4, 0.5) is 0 Å². The van der Waals surface area contributed by atoms with Crippen molar-refractivity contribution in [3.8, 4) is 0 Å². The zero-order valence-electron chi connectivity index (χ0n) is 9.67. The molecular weight excluding hydrogens is 266 g/mol. The SMILES string of the molecule is O=S(=O)(On1nnc2ccccc21)c1ccccc1. The van der Waals surface area contributed by atoms with E-state index in [1.165, 1.54) is 12.1 Å². The van der Waals surface area contributed by atoms with E-state index in [1.54, 1.807) is 42.5 Å². The van der Waals surface area contributed by atoms with Gasteiger partial charge in [0.1, 0.15) is 15.9 Å². The van der Waals surface area contributed by atoms with Crippen LogP contribution in [0.15, 0.2) is 59.5 Å². The average Bonchev–Trinajstić information content (AvgIpc) is 2.83. The van der Waals surface area contributed by atoms with Crippen molar-refractivity contribution < 1.29 is 12.7 Å². The largest absolute Gasteiger partial charge is 0.358 e. The van der Waals surface area contributed by atoms with Gasteiger partial charge < -0.3 is 0 Å². The molecule has 6 nitrogen and oxygen atoms in total. The molecule has 0 N–H and O–H groups in total. The summed E-state index contributed by atoms with van der Waals surface area (Å²) in [4.78, 5) is 0.965. The summed E-state index contributed by atoms with van der Waals surface area (Å²) in [6.45, 7) is 0. The molecule has 19 heavy (non-hydrogen) atoms. The maximum Gasteiger partial charge on any atom is 0.358 e. The van der Waals surface area contributed by atoms with Gasteiger partial charge >= 0.3 is 10.1 Å². The Bertz CT molecular complexity index is 812. The van der Waals surface area contributed by atoms with E-state index in [2.05, 4.69) is 10.3 Å². The molecule has 1 heterocycles. The van der Waals surface area contributed by atoms with Crippen molar-refractivity contribution in [2.24, 2.45) is 0 Å². The first kappa shape index (κ1) is 11.7. The number of rotatable bonds is 3. The van der Waals surface area contributed by atoms with Crippen LogP contribution in [0.3, 0.4) is 0 Å². The van der Waals surface area contributed by atoms with Gasteiger partial charge in [-0.05, 0) is 29.5 Å². The fourth-order valence-electron chi connectivity index (χ4n) is 1.63. The van der Waals surface area contributed by atoms with Crippen LogP contribution in [0.1, 0.15) is 0 Å². The molecule has 0 fully saturated rings. The van der Waals surface area contributed by atoms with Crippen LogP contribution < -0.4 is 4.28 Å². The van der Waals surface area contributed by atoms with Crippen LogP contribution in [0.5, 0.6) is 0 Å². The van der Waals surface area contributed by atoms with Gasteiger partial charge in [0.2, 0.25) is 0 Å². The molecule has 7 heteroatoms. The van der Waals surface area contributed by atoms with Crippen molar-refractivity contribution in [2.75, 3.05) is 0 Å². The molecule has 0 aliphatic rings. The molecule has 2 aromatic carbocycles. The molecule has 3 aromatic rings. The van der Waals surface area contributed by atoms with Gasteiger partial charge in [-0.1, -0.05) is 35.2 Å². The molecule has 0 radical (unpaired) electrons. The molecule has 0 saturated heterocycles. The predicted octanol–water partition coefficient (Wildman–Crippen LogP) is 1.25. The molecule has 0 spiro atoms. The molecule has 0 aliphatic carbocycles. The summed E-state index contributed by atoms with van der Waals surface area (Å²) in [6, 6.07) is 14.8. The summed E-state index contributed by atoms with van der Waals surface area (Å²) >= 11 is 0. The zero-order valence-corrected chi connectivity index (χ0v) is 10.5. The van der Waals surface area contributed by atoms with Gasteiger partial charge in [-0.15, -0.1) is 5.10 Å². The smallest absolute Gasteiger partial charge is 0.264 e. The third-order valence-electron chi connectivity index (χ3n) is 2.52. The number of fused-ring (bicyclic) bond motifs is 1. The third-order valence-corrected chi connectivity index (χ3v) is 3.71. The minimum atomic E-state index is -3.91. The maximum atomic E-state index is 12.0. The minimum Gasteiger partial charge on any atom is -0.264 e. The zero-order chi connectivity index (χ0) is 13.3. The maximum absolute atomic E-state index is 12.0. The quantitative estimate of drug-likeness (QED) is 0.719. The summed E-state index contributed by atoms with van der Waals surface area (Å²) in [5.41, 5.74) is 1.05. The van der Waals surface area contributed by atoms with Crippen molar-refractivity contribution in [1.82, 2.24) is 15.2 Å². The fraction of sp³-hybridized carbons (Fsp3) is 0. The second-order valence-corrected chi connectivity index (χ2v) is 5.32. The standard InChI is InChI=1S/C12H9N3O3S/c16-19(17,10-6-2-1-3-7-10)18-15-12-9-5-4-8-11(12)13-14-15/h1-9H. The van der Waals surface area contributed by atoms with Gasteiger partial charge in [-0.2, -0.15) is 8.42 Å². The Hall–Kier alpha value is -2.41. The van der Waals surface area contributed by atoms with Crippen LogP contribution >= 0.6 is 0 Å². The number of hydrogen-bond donors (Lipinski definition) is 0. The van der Waals surface area contributed by atoms with E-state index in [0.717, 1.165) is 4.85 Å². The first-order valence-corrected chi connectivity index (χ1v) is 6.88. The van der Waals surface area contributed by atoms with Crippen LogP contribution in [0.25, 0.3) is 11.0 Å². The Morgan fingerprint density at radius 1 is 0.947 bits per heavy atom. The topological polar surface area (TPSA) is 74.1 Å². The highest BCUT2D eigenvalue weighted by Crippen LogP contribution is 2.12. The Morgan fingerprint density at radius 2 is 1.63 bits per heavy atom. The Morgan fingerprint density at radius 3 is 2.42 bits per heavy atom. The molecule has 0 saturated carbocycles. The molecule has 0 bridgehead atoms. The van der Waals surface area contributed by atoms with E-state index in [0.29, 0.717) is 11.0 Å². The second kappa shape index (κ2) is 4.36. The highest BCUT2D eigenvalue weighted by molar-refractivity contribution is 7.87. The molecule has 0 atom stereocenters. The highest BCUT2D eigenvalue weighted by atomic mass is 32.2. The van der Waals surface area contributed by atoms with Gasteiger partial charge in [0.05, 0.1) is 0 Å². The van der Waals surface area contributed by atoms with E-state index in [9.17, 15) is 8.42 Å². The van der Waals surface area contributed by atoms with Crippen LogP contribution in [0, 0.1) is 0 Å². The normalized spacial score (nSPS) is 11.6. The summed E-state index contributed by atoms with van der Waals surface area (Å²) in [6.07, 6.45) is 0. The Balaban J connectivity index is 2.02. The van der Waals surface area contributed by atoms with E-state index in [4.69, 9.17) is 4.28 Å². The van der Waals surface area contributed by atoms with Crippen LogP contribution in [-0.4, -0.2) is 23.6 Å². The summed E-state index contributed by atoms with van der Waals surface area (Å²) in [7, 11) is -3.91. The summed E-state index contributed by atoms with van der Waals surface area (Å²) < 4.78 is 29.0. The Labute approximate surface area is 109 Å². The van der Waals surface area contributed by atoms with E-state index in [1.807, 2.05) is 0 Å². The van der Waals surface area contributed by atoms with E-state index < -0.39 is 10.1 Å². The number of benzene rings is 2. The van der Waals surface area contributed by atoms with Crippen LogP contribution in [-0.2, 0) is 10.1 Å². The Kier molecular flexibility index (Phi) is 2.68. The fourth-order valence-corrected chi connectivity index (χ4v) is 2.50. The van der Waals surface area contributed by atoms with Crippen molar-refractivity contribution in [3.63, 3.8) is 0 Å². The molecule has 96 valence electrons. The lowest BCUT2D eigenvalue weighted by atomic mass is 10.3. The van der Waals surface area contributed by atoms with Gasteiger partial charge in [-0.25, -0.2) is 0 Å². The average molecular weight is 275 g/mol. The number of nitrogens with zero attached hydrogens (tertiary/aromatic N) is 3. The lowest BCUT2D eigenvalue weighted by molar-refractivity contribution is 0.245. The second-order valence-electron chi connectivity index (χ2n) is 3.79. The monoisotopic (exact) mass is 275 g/mol. The number of para-hydroxylation sites is 1. The van der Waals surface area contributed by atoms with Gasteiger partial charge in [0.25, 0.3) is 0 Å². The molecule has 0 amide bonds. The molecule has 3 rings (SSSR count). The highest BCUT2D eigenvalue weighted by Gasteiger charge is 2.18.